The van der Waals surface area contributed by atoms with Gasteiger partial charge in [0.15, 0.2) is 11.2 Å². The number of nitrogens with one attached hydrogen (secondary N) is 2. The highest BCUT2D eigenvalue weighted by Gasteiger charge is 2.53. The van der Waals surface area contributed by atoms with E-state index < -0.39 is 42.7 Å². The number of aromatic amines is 1. The fraction of sp³-hybridized carbons (Fsp3) is 0.531. The number of nitrogens with two attached hydrogens (primary N) is 2. The molecule has 2 heterocycles. The second kappa shape index (κ2) is 15.5. The Morgan fingerprint density at radius 2 is 1.83 bits per heavy atom. The summed E-state index contributed by atoms with van der Waals surface area (Å²) in [5, 5.41) is 2.83. The summed E-state index contributed by atoms with van der Waals surface area (Å²) in [5.41, 5.74) is 11.4. The molecule has 4 rings (SSSR count). The van der Waals surface area contributed by atoms with Crippen molar-refractivity contribution in [1.82, 2.24) is 24.6 Å². The van der Waals surface area contributed by atoms with Crippen molar-refractivity contribution < 1.29 is 32.7 Å². The Bertz CT molecular complexity index is 1720. The zero-order chi connectivity index (χ0) is 35.2. The van der Waals surface area contributed by atoms with E-state index in [1.54, 1.807) is 71.2 Å². The first-order valence-corrected chi connectivity index (χ1v) is 17.5. The molecule has 5 atom stereocenters. The molecule has 0 radical (unpaired) electrons. The Hall–Kier alpha value is -4.04. The van der Waals surface area contributed by atoms with Crippen molar-refractivity contribution >= 4 is 43.0 Å². The average Bonchev–Trinajstić information content (AvgIpc) is 3.56. The molecule has 262 valence electrons. The number of esters is 2. The maximum Gasteiger partial charge on any atom is 0.459 e. The van der Waals surface area contributed by atoms with E-state index in [2.05, 4.69) is 20.0 Å². The number of hydrogen-bond acceptors (Lipinski definition) is 12. The number of nitrogen functional groups attached to an aromatic ring is 1. The lowest BCUT2D eigenvalue weighted by Gasteiger charge is -2.28. The molecule has 0 bridgehead atoms. The fourth-order valence-electron chi connectivity index (χ4n) is 4.92. The molecule has 1 unspecified atom stereocenters. The van der Waals surface area contributed by atoms with Gasteiger partial charge in [-0.15, -0.1) is 0 Å². The number of carbonyl (C=O) groups excluding carboxylic acids is 2. The fourth-order valence-corrected chi connectivity index (χ4v) is 6.66. The van der Waals surface area contributed by atoms with Crippen LogP contribution < -0.4 is 26.6 Å². The topological polar surface area (TPSA) is 216 Å². The predicted molar refractivity (Wildman–Crippen MR) is 181 cm³/mol. The van der Waals surface area contributed by atoms with Crippen molar-refractivity contribution in [3.8, 4) is 5.75 Å². The van der Waals surface area contributed by atoms with Gasteiger partial charge in [-0.3, -0.25) is 28.5 Å². The molecular weight excluding hydrogens is 641 g/mol. The highest BCUT2D eigenvalue weighted by Crippen LogP contribution is 2.57. The van der Waals surface area contributed by atoms with Gasteiger partial charge in [-0.1, -0.05) is 59.2 Å². The van der Waals surface area contributed by atoms with E-state index in [1.165, 1.54) is 10.9 Å². The molecular formula is C32H46N7O8P. The van der Waals surface area contributed by atoms with E-state index in [9.17, 15) is 18.9 Å². The average molecular weight is 688 g/mol. The van der Waals surface area contributed by atoms with E-state index in [4.69, 9.17) is 30.0 Å². The Balaban J connectivity index is 1.65. The number of benzene rings is 1. The molecule has 1 saturated carbocycles. The standard InChI is InChI=1S/C32H46N7O8P/c1-7-11-21(6)46-30(42)25(20(4)5)38-48(43,47-23-12-9-8-10-13-23)45-17-32(16-44-29(41)24(33)19(2)3)14-22(32)15-39-18-35-26-27(39)36-31(34)37-28(26)40/h8-10,12-13,15,18-21,24-25H,7,11,14,16-17,33H2,1-6H3,(H,38,43)(H3,34,36,37,40)/b22-15-/t21-,24?,25-,32-,48-/m0/s1. The predicted octanol–water partition coefficient (Wildman–Crippen LogP) is 4.01. The minimum absolute atomic E-state index is 0.0814. The highest BCUT2D eigenvalue weighted by molar-refractivity contribution is 7.52. The molecule has 0 spiro atoms. The second-order valence-corrected chi connectivity index (χ2v) is 14.5. The van der Waals surface area contributed by atoms with Crippen LogP contribution in [0.4, 0.5) is 5.95 Å². The smallest absolute Gasteiger partial charge is 0.459 e. The lowest BCUT2D eigenvalue weighted by molar-refractivity contribution is -0.152. The summed E-state index contributed by atoms with van der Waals surface area (Å²) in [6.07, 6.45) is 4.60. The largest absolute Gasteiger partial charge is 0.463 e. The number of aromatic nitrogens is 4. The molecule has 0 amide bonds. The van der Waals surface area contributed by atoms with Crippen LogP contribution in [0.15, 0.2) is 47.0 Å². The van der Waals surface area contributed by atoms with Crippen LogP contribution in [0, 0.1) is 17.3 Å². The van der Waals surface area contributed by atoms with Gasteiger partial charge in [0, 0.05) is 6.20 Å². The number of anilines is 1. The molecule has 48 heavy (non-hydrogen) atoms. The zero-order valence-corrected chi connectivity index (χ0v) is 29.1. The van der Waals surface area contributed by atoms with E-state index in [0.717, 1.165) is 6.42 Å². The van der Waals surface area contributed by atoms with Crippen LogP contribution in [-0.4, -0.2) is 62.9 Å². The number of nitrogens with zero attached hydrogens (tertiary/aromatic N) is 3. The summed E-state index contributed by atoms with van der Waals surface area (Å²) in [6, 6.07) is 6.54. The number of rotatable bonds is 17. The van der Waals surface area contributed by atoms with Crippen molar-refractivity contribution in [3.63, 3.8) is 0 Å². The highest BCUT2D eigenvalue weighted by atomic mass is 31.2. The van der Waals surface area contributed by atoms with Crippen LogP contribution in [-0.2, 0) is 28.2 Å². The monoisotopic (exact) mass is 687 g/mol. The summed E-state index contributed by atoms with van der Waals surface area (Å²) >= 11 is 0. The van der Waals surface area contributed by atoms with Crippen LogP contribution >= 0.6 is 7.75 Å². The Kier molecular flexibility index (Phi) is 11.8. The molecule has 1 aliphatic rings. The minimum Gasteiger partial charge on any atom is -0.463 e. The maximum atomic E-state index is 14.5. The third kappa shape index (κ3) is 9.10. The van der Waals surface area contributed by atoms with Crippen molar-refractivity contribution in [1.29, 1.82) is 0 Å². The number of ether oxygens (including phenoxy) is 2. The molecule has 2 aromatic heterocycles. The van der Waals surface area contributed by atoms with E-state index in [1.807, 2.05) is 6.92 Å². The van der Waals surface area contributed by atoms with Crippen molar-refractivity contribution in [2.24, 2.45) is 23.0 Å². The first-order valence-electron chi connectivity index (χ1n) is 16.0. The summed E-state index contributed by atoms with van der Waals surface area (Å²) in [5.74, 6) is -1.53. The van der Waals surface area contributed by atoms with Gasteiger partial charge in [0.1, 0.15) is 30.8 Å². The van der Waals surface area contributed by atoms with E-state index in [-0.39, 0.29) is 54.0 Å². The first-order chi connectivity index (χ1) is 22.7. The number of para-hydroxylation sites is 1. The lowest BCUT2D eigenvalue weighted by atomic mass is 10.1. The molecule has 1 aliphatic carbocycles. The lowest BCUT2D eigenvalue weighted by Crippen LogP contribution is -2.43. The quantitative estimate of drug-likeness (QED) is 0.117. The molecule has 16 heteroatoms. The molecule has 6 N–H and O–H groups in total. The van der Waals surface area contributed by atoms with Gasteiger partial charge >= 0.3 is 19.7 Å². The maximum absolute atomic E-state index is 14.5. The van der Waals surface area contributed by atoms with Crippen molar-refractivity contribution in [2.45, 2.75) is 79.0 Å². The molecule has 0 aliphatic heterocycles. The van der Waals surface area contributed by atoms with Gasteiger partial charge in [0.2, 0.25) is 5.95 Å². The van der Waals surface area contributed by atoms with Crippen LogP contribution in [0.2, 0.25) is 0 Å². The Morgan fingerprint density at radius 3 is 2.48 bits per heavy atom. The number of fused-ring (bicyclic) bond motifs is 1. The number of H-pyrrole nitrogens is 1. The summed E-state index contributed by atoms with van der Waals surface area (Å²) in [4.78, 5) is 49.1. The molecule has 15 nitrogen and oxygen atoms in total. The van der Waals surface area contributed by atoms with Gasteiger partial charge in [-0.25, -0.2) is 9.55 Å². The van der Waals surface area contributed by atoms with Gasteiger partial charge in [0.05, 0.1) is 18.1 Å². The number of hydrogen-bond donors (Lipinski definition) is 4. The van der Waals surface area contributed by atoms with Gasteiger partial charge < -0.3 is 25.5 Å². The number of imidazole rings is 1. The Morgan fingerprint density at radius 1 is 1.12 bits per heavy atom. The second-order valence-electron chi connectivity index (χ2n) is 12.8. The van der Waals surface area contributed by atoms with Crippen LogP contribution in [0.25, 0.3) is 17.4 Å². The van der Waals surface area contributed by atoms with Gasteiger partial charge in [-0.05, 0) is 49.3 Å². The SMILES string of the molecule is CCC[C@H](C)OC(=O)[C@@H](N[P@](=O)(OC[C@@]1(COC(=O)C(N)C(C)C)C/C1=C/n1cnc2c(=O)[nH]c(N)nc21)Oc1ccccc1)C(C)C. The van der Waals surface area contributed by atoms with Crippen LogP contribution in [0.5, 0.6) is 5.75 Å². The first kappa shape index (κ1) is 36.8. The summed E-state index contributed by atoms with van der Waals surface area (Å²) in [7, 11) is -4.29. The molecule has 1 fully saturated rings. The third-order valence-electron chi connectivity index (χ3n) is 8.02. The van der Waals surface area contributed by atoms with Crippen LogP contribution in [0.3, 0.4) is 0 Å². The van der Waals surface area contributed by atoms with Crippen molar-refractivity contribution in [2.75, 3.05) is 18.9 Å². The normalized spacial score (nSPS) is 20.0. The van der Waals surface area contributed by atoms with Gasteiger partial charge in [-0.2, -0.15) is 10.1 Å². The summed E-state index contributed by atoms with van der Waals surface area (Å²) in [6.45, 7) is 10.6. The van der Waals surface area contributed by atoms with Crippen LogP contribution in [0.1, 0.15) is 60.8 Å². The third-order valence-corrected chi connectivity index (χ3v) is 9.54. The Labute approximate surface area is 279 Å². The zero-order valence-electron chi connectivity index (χ0n) is 28.2. The molecule has 1 aromatic carbocycles. The van der Waals surface area contributed by atoms with E-state index >= 15 is 0 Å². The number of carbonyl (C=O) groups is 2. The molecule has 3 aromatic rings. The molecule has 0 saturated heterocycles. The van der Waals surface area contributed by atoms with Crippen molar-refractivity contribution in [3.05, 3.63) is 52.6 Å². The summed E-state index contributed by atoms with van der Waals surface area (Å²) < 4.78 is 39.3. The van der Waals surface area contributed by atoms with Gasteiger partial charge in [0.25, 0.3) is 5.56 Å². The van der Waals surface area contributed by atoms with E-state index in [0.29, 0.717) is 18.4 Å². The minimum atomic E-state index is -4.29.